The maximum absolute atomic E-state index is 10.8. The van der Waals surface area contributed by atoms with E-state index < -0.39 is 0 Å². The van der Waals surface area contributed by atoms with E-state index in [0.717, 1.165) is 18.7 Å². The van der Waals surface area contributed by atoms with Crippen molar-refractivity contribution in [1.29, 1.82) is 0 Å². The van der Waals surface area contributed by atoms with Crippen LogP contribution in [0.15, 0.2) is 18.2 Å². The molecule has 0 aromatic heterocycles. The van der Waals surface area contributed by atoms with E-state index in [2.05, 4.69) is 15.9 Å². The minimum atomic E-state index is 0.663. The van der Waals surface area contributed by atoms with E-state index in [1.165, 1.54) is 5.56 Å². The van der Waals surface area contributed by atoms with Gasteiger partial charge >= 0.3 is 0 Å². The van der Waals surface area contributed by atoms with Crippen molar-refractivity contribution < 1.29 is 4.79 Å². The molecule has 16 heavy (non-hydrogen) atoms. The summed E-state index contributed by atoms with van der Waals surface area (Å²) in [6.07, 6.45) is 1.99. The van der Waals surface area contributed by atoms with E-state index in [9.17, 15) is 4.79 Å². The van der Waals surface area contributed by atoms with Gasteiger partial charge in [0.05, 0.1) is 0 Å². The van der Waals surface area contributed by atoms with E-state index in [-0.39, 0.29) is 0 Å². The molecule has 0 aliphatic rings. The van der Waals surface area contributed by atoms with Gasteiger partial charge in [-0.3, -0.25) is 4.79 Å². The molecule has 3 nitrogen and oxygen atoms in total. The first-order valence-electron chi connectivity index (χ1n) is 5.32. The van der Waals surface area contributed by atoms with Gasteiger partial charge in [-0.25, -0.2) is 0 Å². The Balaban J connectivity index is 2.96. The summed E-state index contributed by atoms with van der Waals surface area (Å²) < 4.78 is 0. The van der Waals surface area contributed by atoms with Gasteiger partial charge in [-0.2, -0.15) is 0 Å². The van der Waals surface area contributed by atoms with Gasteiger partial charge in [-0.1, -0.05) is 18.2 Å². The minimum absolute atomic E-state index is 0.663. The van der Waals surface area contributed by atoms with Crippen molar-refractivity contribution in [2.24, 2.45) is 0 Å². The van der Waals surface area contributed by atoms with Crippen LogP contribution in [-0.2, 0) is 17.9 Å². The van der Waals surface area contributed by atoms with E-state index in [1.54, 1.807) is 0 Å². The molecule has 0 N–H and O–H groups in total. The summed E-state index contributed by atoms with van der Waals surface area (Å²) in [7, 11) is 8.05. The van der Waals surface area contributed by atoms with Crippen LogP contribution in [0.5, 0.6) is 0 Å². The Morgan fingerprint density at radius 3 is 2.19 bits per heavy atom. The molecular formula is C13H19N2O. The van der Waals surface area contributed by atoms with Crippen molar-refractivity contribution >= 4 is 6.29 Å². The number of carbonyl (C=O) groups excluding carboxylic acids is 1. The Morgan fingerprint density at radius 2 is 1.69 bits per heavy atom. The molecule has 3 heteroatoms. The Morgan fingerprint density at radius 1 is 1.06 bits per heavy atom. The molecule has 0 unspecified atom stereocenters. The van der Waals surface area contributed by atoms with Gasteiger partial charge in [0, 0.05) is 18.7 Å². The topological polar surface area (TPSA) is 23.6 Å². The van der Waals surface area contributed by atoms with Crippen LogP contribution in [0, 0.1) is 0 Å². The maximum Gasteiger partial charge on any atom is 0.233 e. The summed E-state index contributed by atoms with van der Waals surface area (Å²) >= 11 is 0. The molecule has 0 aliphatic heterocycles. The molecule has 0 saturated carbocycles. The van der Waals surface area contributed by atoms with E-state index in [4.69, 9.17) is 0 Å². The zero-order valence-corrected chi connectivity index (χ0v) is 10.4. The lowest BCUT2D eigenvalue weighted by Crippen LogP contribution is -2.14. The zero-order valence-electron chi connectivity index (χ0n) is 10.4. The fourth-order valence-corrected chi connectivity index (χ4v) is 1.68. The molecule has 87 valence electrons. The van der Waals surface area contributed by atoms with Crippen LogP contribution in [0.2, 0.25) is 0 Å². The molecule has 0 heterocycles. The predicted molar refractivity (Wildman–Crippen MR) is 66.0 cm³/mol. The van der Waals surface area contributed by atoms with Gasteiger partial charge in [0.15, 0.2) is 0 Å². The largest absolute Gasteiger partial charge is 0.305 e. The number of nitrogens with zero attached hydrogens (tertiary/aromatic N) is 2. The van der Waals surface area contributed by atoms with Gasteiger partial charge < -0.3 is 9.80 Å². The number of hydrogen-bond donors (Lipinski definition) is 0. The molecule has 1 aromatic rings. The Labute approximate surface area is 97.7 Å². The lowest BCUT2D eigenvalue weighted by Gasteiger charge is -2.14. The van der Waals surface area contributed by atoms with Crippen molar-refractivity contribution in [3.8, 4) is 0 Å². The highest BCUT2D eigenvalue weighted by molar-refractivity contribution is 5.77. The quantitative estimate of drug-likeness (QED) is 0.745. The van der Waals surface area contributed by atoms with Crippen molar-refractivity contribution in [1.82, 2.24) is 9.80 Å². The molecule has 0 amide bonds. The van der Waals surface area contributed by atoms with Crippen LogP contribution in [0.1, 0.15) is 16.7 Å². The second-order valence-electron chi connectivity index (χ2n) is 4.57. The average Bonchev–Trinajstić information content (AvgIpc) is 2.16. The number of rotatable bonds is 5. The lowest BCUT2D eigenvalue weighted by atomic mass is 10.0. The molecule has 0 atom stereocenters. The van der Waals surface area contributed by atoms with Crippen LogP contribution in [0.3, 0.4) is 0 Å². The molecule has 0 spiro atoms. The number of benzene rings is 1. The molecule has 0 bridgehead atoms. The van der Waals surface area contributed by atoms with Crippen LogP contribution in [-0.4, -0.2) is 44.3 Å². The molecule has 0 aliphatic carbocycles. The SMILES string of the molecule is CN(C)Cc1ccc([C]=O)c(CN(C)C)c1. The standard InChI is InChI=1S/C13H19N2O/c1-14(2)8-11-5-6-12(10-16)13(7-11)9-15(3)4/h5-7H,8-9H2,1-4H3. The van der Waals surface area contributed by atoms with Gasteiger partial charge in [-0.15, -0.1) is 0 Å². The van der Waals surface area contributed by atoms with E-state index in [1.807, 2.05) is 46.6 Å². The van der Waals surface area contributed by atoms with Crippen LogP contribution >= 0.6 is 0 Å². The summed E-state index contributed by atoms with van der Waals surface area (Å²) in [5.74, 6) is 0. The summed E-state index contributed by atoms with van der Waals surface area (Å²) in [6.45, 7) is 1.66. The van der Waals surface area contributed by atoms with Gasteiger partial charge in [-0.05, 0) is 39.3 Å². The Kier molecular flexibility index (Phi) is 4.65. The van der Waals surface area contributed by atoms with Crippen molar-refractivity contribution in [2.45, 2.75) is 13.1 Å². The maximum atomic E-state index is 10.8. The number of hydrogen-bond acceptors (Lipinski definition) is 3. The minimum Gasteiger partial charge on any atom is -0.305 e. The van der Waals surface area contributed by atoms with Gasteiger partial charge in [0.1, 0.15) is 0 Å². The third-order valence-electron chi connectivity index (χ3n) is 2.26. The smallest absolute Gasteiger partial charge is 0.233 e. The third kappa shape index (κ3) is 3.76. The molecule has 1 radical (unpaired) electrons. The average molecular weight is 219 g/mol. The van der Waals surface area contributed by atoms with Crippen LogP contribution in [0.25, 0.3) is 0 Å². The molecular weight excluding hydrogens is 200 g/mol. The van der Waals surface area contributed by atoms with Crippen LogP contribution in [0.4, 0.5) is 0 Å². The molecule has 0 fully saturated rings. The van der Waals surface area contributed by atoms with Crippen LogP contribution < -0.4 is 0 Å². The Bertz CT molecular complexity index is 359. The first-order chi connectivity index (χ1) is 7.52. The van der Waals surface area contributed by atoms with Gasteiger partial charge in [0.2, 0.25) is 6.29 Å². The third-order valence-corrected chi connectivity index (χ3v) is 2.26. The van der Waals surface area contributed by atoms with Crippen molar-refractivity contribution in [3.05, 3.63) is 34.9 Å². The second kappa shape index (κ2) is 5.77. The lowest BCUT2D eigenvalue weighted by molar-refractivity contribution is 0.395. The summed E-state index contributed by atoms with van der Waals surface area (Å²) in [6, 6.07) is 5.92. The Hall–Kier alpha value is -1.19. The zero-order chi connectivity index (χ0) is 12.1. The fraction of sp³-hybridized carbons (Fsp3) is 0.462. The highest BCUT2D eigenvalue weighted by atomic mass is 16.1. The van der Waals surface area contributed by atoms with E-state index >= 15 is 0 Å². The predicted octanol–water partition coefficient (Wildman–Crippen LogP) is 1.27. The highest BCUT2D eigenvalue weighted by Gasteiger charge is 2.05. The van der Waals surface area contributed by atoms with Crippen molar-refractivity contribution in [2.75, 3.05) is 28.2 Å². The summed E-state index contributed by atoms with van der Waals surface area (Å²) in [5.41, 5.74) is 2.93. The van der Waals surface area contributed by atoms with Gasteiger partial charge in [0.25, 0.3) is 0 Å². The van der Waals surface area contributed by atoms with E-state index in [0.29, 0.717) is 5.56 Å². The van der Waals surface area contributed by atoms with Crippen molar-refractivity contribution in [3.63, 3.8) is 0 Å². The highest BCUT2D eigenvalue weighted by Crippen LogP contribution is 2.13. The fourth-order valence-electron chi connectivity index (χ4n) is 1.68. The second-order valence-corrected chi connectivity index (χ2v) is 4.57. The molecule has 0 saturated heterocycles. The molecule has 1 rings (SSSR count). The normalized spacial score (nSPS) is 11.1. The monoisotopic (exact) mass is 219 g/mol. The first-order valence-corrected chi connectivity index (χ1v) is 5.32. The summed E-state index contributed by atoms with van der Waals surface area (Å²) in [5, 5.41) is 0. The first kappa shape index (κ1) is 12.9. The summed E-state index contributed by atoms with van der Waals surface area (Å²) in [4.78, 5) is 14.9. The molecule has 1 aromatic carbocycles.